The maximum absolute atomic E-state index is 12.7. The summed E-state index contributed by atoms with van der Waals surface area (Å²) in [6, 6.07) is 23.5. The molecule has 4 rings (SSSR count). The smallest absolute Gasteiger partial charge is 0.291 e. The number of benzene rings is 3. The molecule has 0 aliphatic rings. The van der Waals surface area contributed by atoms with Crippen LogP contribution in [0.15, 0.2) is 88.1 Å². The normalized spacial score (nSPS) is 10.7. The van der Waals surface area contributed by atoms with Crippen molar-refractivity contribution in [3.8, 4) is 5.75 Å². The Bertz CT molecular complexity index is 1230. The minimum absolute atomic E-state index is 0.0332. The van der Waals surface area contributed by atoms with Gasteiger partial charge < -0.3 is 14.5 Å². The molecule has 144 valence electrons. The van der Waals surface area contributed by atoms with Gasteiger partial charge in [-0.05, 0) is 35.9 Å². The summed E-state index contributed by atoms with van der Waals surface area (Å²) < 4.78 is 11.1. The maximum atomic E-state index is 12.7. The molecule has 0 radical (unpaired) electrons. The molecule has 1 N–H and O–H groups in total. The fourth-order valence-electron chi connectivity index (χ4n) is 3.22. The van der Waals surface area contributed by atoms with Gasteiger partial charge in [-0.25, -0.2) is 0 Å². The molecule has 29 heavy (non-hydrogen) atoms. The minimum atomic E-state index is -0.483. The van der Waals surface area contributed by atoms with E-state index in [0.29, 0.717) is 23.1 Å². The first-order valence-corrected chi connectivity index (χ1v) is 9.19. The Balaban J connectivity index is 1.61. The number of rotatable bonds is 5. The van der Waals surface area contributed by atoms with Crippen molar-refractivity contribution in [3.63, 3.8) is 0 Å². The van der Waals surface area contributed by atoms with E-state index in [1.165, 1.54) is 6.07 Å². The number of amides is 1. The van der Waals surface area contributed by atoms with Crippen molar-refractivity contribution >= 4 is 22.6 Å². The molecule has 4 aromatic rings. The average Bonchev–Trinajstić information content (AvgIpc) is 2.75. The highest BCUT2D eigenvalue weighted by Crippen LogP contribution is 2.26. The molecule has 0 spiro atoms. The van der Waals surface area contributed by atoms with Gasteiger partial charge in [0.2, 0.25) is 0 Å². The lowest BCUT2D eigenvalue weighted by Gasteiger charge is -2.12. The molecule has 0 saturated carbocycles. The molecule has 3 aromatic carbocycles. The topological polar surface area (TPSA) is 68.5 Å². The number of methoxy groups -OCH3 is 1. The van der Waals surface area contributed by atoms with Gasteiger partial charge in [0.15, 0.2) is 11.2 Å². The standard InChI is InChI=1S/C24H19NO4/c1-28-21-12-11-18(14-17(21)13-16-7-3-2-4-8-16)25-24(27)23-15-20(26)19-9-5-6-10-22(19)29-23/h2-12,14-15H,13H2,1H3,(H,25,27). The van der Waals surface area contributed by atoms with Gasteiger partial charge in [-0.15, -0.1) is 0 Å². The Labute approximate surface area is 167 Å². The summed E-state index contributed by atoms with van der Waals surface area (Å²) in [5, 5.41) is 3.24. The van der Waals surface area contributed by atoms with Gasteiger partial charge in [-0.1, -0.05) is 42.5 Å². The quantitative estimate of drug-likeness (QED) is 0.543. The number of fused-ring (bicyclic) bond motifs is 1. The second-order valence-corrected chi connectivity index (χ2v) is 6.61. The van der Waals surface area contributed by atoms with Crippen LogP contribution in [0.2, 0.25) is 0 Å². The SMILES string of the molecule is COc1ccc(NC(=O)c2cc(=O)c3ccccc3o2)cc1Cc1ccccc1. The molecule has 1 heterocycles. The Morgan fingerprint density at radius 1 is 0.966 bits per heavy atom. The second kappa shape index (κ2) is 8.02. The molecule has 0 saturated heterocycles. The number of carbonyl (C=O) groups is 1. The fraction of sp³-hybridized carbons (Fsp3) is 0.0833. The van der Waals surface area contributed by atoms with Gasteiger partial charge in [-0.3, -0.25) is 9.59 Å². The molecule has 0 aliphatic heterocycles. The van der Waals surface area contributed by atoms with Gasteiger partial charge in [0.25, 0.3) is 5.91 Å². The number of anilines is 1. The molecule has 0 fully saturated rings. The zero-order valence-electron chi connectivity index (χ0n) is 15.8. The lowest BCUT2D eigenvalue weighted by molar-refractivity contribution is 0.0997. The number of hydrogen-bond donors (Lipinski definition) is 1. The van der Waals surface area contributed by atoms with Crippen LogP contribution in [0, 0.1) is 0 Å². The Hall–Kier alpha value is -3.86. The van der Waals surface area contributed by atoms with E-state index >= 15 is 0 Å². The van der Waals surface area contributed by atoms with Crippen LogP contribution in [-0.2, 0) is 6.42 Å². The fourth-order valence-corrected chi connectivity index (χ4v) is 3.22. The number of carbonyl (C=O) groups excluding carboxylic acids is 1. The first-order chi connectivity index (χ1) is 14.1. The van der Waals surface area contributed by atoms with E-state index in [9.17, 15) is 9.59 Å². The monoisotopic (exact) mass is 385 g/mol. The highest BCUT2D eigenvalue weighted by molar-refractivity contribution is 6.03. The largest absolute Gasteiger partial charge is 0.496 e. The number of nitrogens with one attached hydrogen (secondary N) is 1. The maximum Gasteiger partial charge on any atom is 0.291 e. The highest BCUT2D eigenvalue weighted by atomic mass is 16.5. The van der Waals surface area contributed by atoms with Gasteiger partial charge >= 0.3 is 0 Å². The summed E-state index contributed by atoms with van der Waals surface area (Å²) >= 11 is 0. The molecule has 0 atom stereocenters. The predicted octanol–water partition coefficient (Wildman–Crippen LogP) is 4.64. The molecule has 1 aromatic heterocycles. The van der Waals surface area contributed by atoms with E-state index in [0.717, 1.165) is 16.9 Å². The zero-order chi connectivity index (χ0) is 20.2. The molecule has 1 amide bonds. The number of ether oxygens (including phenoxy) is 1. The third-order valence-electron chi connectivity index (χ3n) is 4.63. The molecular weight excluding hydrogens is 366 g/mol. The van der Waals surface area contributed by atoms with Crippen molar-refractivity contribution in [2.75, 3.05) is 12.4 Å². The Morgan fingerprint density at radius 2 is 1.72 bits per heavy atom. The first-order valence-electron chi connectivity index (χ1n) is 9.19. The van der Waals surface area contributed by atoms with Crippen molar-refractivity contribution in [3.05, 3.63) is 106 Å². The van der Waals surface area contributed by atoms with Crippen LogP contribution in [0.4, 0.5) is 5.69 Å². The predicted molar refractivity (Wildman–Crippen MR) is 113 cm³/mol. The lowest BCUT2D eigenvalue weighted by atomic mass is 10.0. The van der Waals surface area contributed by atoms with E-state index in [1.807, 2.05) is 42.5 Å². The van der Waals surface area contributed by atoms with E-state index in [4.69, 9.17) is 9.15 Å². The number of hydrogen-bond acceptors (Lipinski definition) is 4. The van der Waals surface area contributed by atoms with Crippen LogP contribution in [0.5, 0.6) is 5.75 Å². The van der Waals surface area contributed by atoms with Gasteiger partial charge in [0.1, 0.15) is 11.3 Å². The highest BCUT2D eigenvalue weighted by Gasteiger charge is 2.14. The van der Waals surface area contributed by atoms with Crippen LogP contribution in [0.3, 0.4) is 0 Å². The van der Waals surface area contributed by atoms with Gasteiger partial charge in [-0.2, -0.15) is 0 Å². The van der Waals surface area contributed by atoms with Gasteiger partial charge in [0, 0.05) is 23.7 Å². The third kappa shape index (κ3) is 4.04. The third-order valence-corrected chi connectivity index (χ3v) is 4.63. The molecule has 0 aliphatic carbocycles. The molecule has 5 nitrogen and oxygen atoms in total. The molecule has 0 unspecified atom stereocenters. The number of para-hydroxylation sites is 1. The lowest BCUT2D eigenvalue weighted by Crippen LogP contribution is -2.15. The van der Waals surface area contributed by atoms with Crippen LogP contribution in [0.1, 0.15) is 21.7 Å². The Kier molecular flexibility index (Phi) is 5.12. The van der Waals surface area contributed by atoms with Crippen LogP contribution >= 0.6 is 0 Å². The van der Waals surface area contributed by atoms with E-state index in [1.54, 1.807) is 37.4 Å². The molecule has 0 bridgehead atoms. The van der Waals surface area contributed by atoms with Crippen LogP contribution in [0.25, 0.3) is 11.0 Å². The van der Waals surface area contributed by atoms with Crippen molar-refractivity contribution in [1.29, 1.82) is 0 Å². The molecule has 5 heteroatoms. The summed E-state index contributed by atoms with van der Waals surface area (Å²) in [5.41, 5.74) is 2.80. The zero-order valence-corrected chi connectivity index (χ0v) is 15.8. The van der Waals surface area contributed by atoms with Crippen LogP contribution < -0.4 is 15.5 Å². The second-order valence-electron chi connectivity index (χ2n) is 6.61. The Morgan fingerprint density at radius 3 is 2.52 bits per heavy atom. The van der Waals surface area contributed by atoms with Gasteiger partial charge in [0.05, 0.1) is 12.5 Å². The summed E-state index contributed by atoms with van der Waals surface area (Å²) in [6.07, 6.45) is 0.665. The summed E-state index contributed by atoms with van der Waals surface area (Å²) in [7, 11) is 1.62. The van der Waals surface area contributed by atoms with Crippen molar-refractivity contribution < 1.29 is 13.9 Å². The van der Waals surface area contributed by atoms with Crippen LogP contribution in [-0.4, -0.2) is 13.0 Å². The first kappa shape index (κ1) is 18.5. The van der Waals surface area contributed by atoms with E-state index in [2.05, 4.69) is 5.32 Å². The average molecular weight is 385 g/mol. The van der Waals surface area contributed by atoms with E-state index in [-0.39, 0.29) is 11.2 Å². The van der Waals surface area contributed by atoms with Crippen molar-refractivity contribution in [1.82, 2.24) is 0 Å². The summed E-state index contributed by atoms with van der Waals surface area (Å²) in [5.74, 6) is 0.224. The van der Waals surface area contributed by atoms with Crippen molar-refractivity contribution in [2.45, 2.75) is 6.42 Å². The summed E-state index contributed by atoms with van der Waals surface area (Å²) in [6.45, 7) is 0. The van der Waals surface area contributed by atoms with Crippen molar-refractivity contribution in [2.24, 2.45) is 0 Å². The minimum Gasteiger partial charge on any atom is -0.496 e. The molecular formula is C24H19NO4. The summed E-state index contributed by atoms with van der Waals surface area (Å²) in [4.78, 5) is 24.9. The van der Waals surface area contributed by atoms with E-state index < -0.39 is 5.91 Å².